The molecule has 150 valence electrons. The number of nitrogens with zero attached hydrogens (tertiary/aromatic N) is 2. The third-order valence-electron chi connectivity index (χ3n) is 4.41. The lowest BCUT2D eigenvalue weighted by Gasteiger charge is -2.31. The molecule has 0 aromatic heterocycles. The van der Waals surface area contributed by atoms with Crippen molar-refractivity contribution in [2.75, 3.05) is 9.80 Å². The van der Waals surface area contributed by atoms with E-state index in [1.165, 1.54) is 6.08 Å². The molecule has 1 N–H and O–H groups in total. The van der Waals surface area contributed by atoms with Crippen molar-refractivity contribution in [1.29, 1.82) is 0 Å². The lowest BCUT2D eigenvalue weighted by Crippen LogP contribution is -2.57. The molecule has 2 aromatic carbocycles. The van der Waals surface area contributed by atoms with Crippen LogP contribution in [0.5, 0.6) is 0 Å². The van der Waals surface area contributed by atoms with Crippen LogP contribution in [0.2, 0.25) is 5.02 Å². The highest BCUT2D eigenvalue weighted by Gasteiger charge is 2.42. The van der Waals surface area contributed by atoms with Gasteiger partial charge in [-0.3, -0.25) is 24.1 Å². The summed E-state index contributed by atoms with van der Waals surface area (Å²) in [5.41, 5.74) is 0.831. The van der Waals surface area contributed by atoms with E-state index >= 15 is 0 Å². The van der Waals surface area contributed by atoms with Gasteiger partial charge in [0.15, 0.2) is 5.11 Å². The molecule has 0 aliphatic carbocycles. The number of amides is 4. The number of carbonyl (C=O) groups excluding carboxylic acids is 4. The molecule has 4 rings (SSSR count). The van der Waals surface area contributed by atoms with Gasteiger partial charge in [-0.15, -0.1) is 0 Å². The molecule has 0 radical (unpaired) electrons. The van der Waals surface area contributed by atoms with Gasteiger partial charge in [0.1, 0.15) is 5.92 Å². The van der Waals surface area contributed by atoms with E-state index in [0.29, 0.717) is 28.2 Å². The summed E-state index contributed by atoms with van der Waals surface area (Å²) >= 11 is 11.7. The third-order valence-corrected chi connectivity index (χ3v) is 5.84. The van der Waals surface area contributed by atoms with E-state index in [2.05, 4.69) is 5.32 Å². The van der Waals surface area contributed by atoms with Gasteiger partial charge in [-0.25, -0.2) is 4.90 Å². The summed E-state index contributed by atoms with van der Waals surface area (Å²) < 4.78 is 0. The lowest BCUT2D eigenvalue weighted by atomic mass is 10.0. The second kappa shape index (κ2) is 8.02. The number of nitrogens with one attached hydrogen (secondary N) is 1. The zero-order chi connectivity index (χ0) is 21.4. The minimum Gasteiger partial charge on any atom is -0.301 e. The van der Waals surface area contributed by atoms with Crippen molar-refractivity contribution in [2.45, 2.75) is 0 Å². The van der Waals surface area contributed by atoms with Crippen LogP contribution in [0.15, 0.2) is 65.6 Å². The fourth-order valence-electron chi connectivity index (χ4n) is 3.00. The Kier molecular flexibility index (Phi) is 5.42. The quantitative estimate of drug-likeness (QED) is 0.431. The van der Waals surface area contributed by atoms with Gasteiger partial charge >= 0.3 is 0 Å². The molecule has 2 aliphatic heterocycles. The van der Waals surface area contributed by atoms with E-state index in [1.54, 1.807) is 54.6 Å². The number of hydrogen-bond donors (Lipinski definition) is 1. The molecular formula is C20H12ClN3O4S2. The average molecular weight is 458 g/mol. The van der Waals surface area contributed by atoms with Crippen molar-refractivity contribution < 1.29 is 19.2 Å². The molecule has 4 amide bonds. The van der Waals surface area contributed by atoms with Gasteiger partial charge in [0.05, 0.1) is 16.3 Å². The van der Waals surface area contributed by atoms with E-state index in [1.807, 2.05) is 0 Å². The predicted octanol–water partition coefficient (Wildman–Crippen LogP) is 3.49. The molecule has 2 heterocycles. The van der Waals surface area contributed by atoms with Gasteiger partial charge < -0.3 is 5.32 Å². The van der Waals surface area contributed by atoms with E-state index in [-0.39, 0.29) is 10.0 Å². The number of halogens is 1. The Bertz CT molecular complexity index is 1120. The molecule has 0 saturated carbocycles. The van der Waals surface area contributed by atoms with E-state index < -0.39 is 28.9 Å². The molecule has 2 saturated heterocycles. The normalized spacial score (nSPS) is 20.9. The number of benzene rings is 2. The molecule has 1 atom stereocenters. The van der Waals surface area contributed by atoms with Crippen LogP contribution in [-0.4, -0.2) is 28.1 Å². The summed E-state index contributed by atoms with van der Waals surface area (Å²) in [7, 11) is 0. The van der Waals surface area contributed by atoms with Crippen LogP contribution in [0.1, 0.15) is 0 Å². The Morgan fingerprint density at radius 3 is 2.23 bits per heavy atom. The summed E-state index contributed by atoms with van der Waals surface area (Å²) in [5.74, 6) is -3.20. The van der Waals surface area contributed by atoms with Crippen LogP contribution in [0.4, 0.5) is 16.2 Å². The number of hydrogen-bond acceptors (Lipinski definition) is 6. The van der Waals surface area contributed by atoms with Gasteiger partial charge in [-0.05, 0) is 66.5 Å². The van der Waals surface area contributed by atoms with Crippen LogP contribution < -0.4 is 15.1 Å². The Hall–Kier alpha value is -3.01. The van der Waals surface area contributed by atoms with Gasteiger partial charge in [0.2, 0.25) is 11.8 Å². The van der Waals surface area contributed by atoms with Crippen LogP contribution >= 0.6 is 35.6 Å². The molecule has 0 spiro atoms. The predicted molar refractivity (Wildman–Crippen MR) is 118 cm³/mol. The van der Waals surface area contributed by atoms with Crippen molar-refractivity contribution in [3.05, 3.63) is 70.6 Å². The van der Waals surface area contributed by atoms with Crippen LogP contribution in [0.25, 0.3) is 0 Å². The first kappa shape index (κ1) is 20.3. The van der Waals surface area contributed by atoms with Crippen LogP contribution in [0.3, 0.4) is 0 Å². The highest BCUT2D eigenvalue weighted by atomic mass is 35.5. The first-order valence-electron chi connectivity index (χ1n) is 8.64. The highest BCUT2D eigenvalue weighted by Crippen LogP contribution is 2.36. The van der Waals surface area contributed by atoms with Crippen LogP contribution in [0, 0.1) is 5.92 Å². The van der Waals surface area contributed by atoms with E-state index in [4.69, 9.17) is 23.8 Å². The summed E-state index contributed by atoms with van der Waals surface area (Å²) in [6, 6.07) is 14.8. The molecule has 2 fully saturated rings. The van der Waals surface area contributed by atoms with Crippen molar-refractivity contribution >= 4 is 75.0 Å². The zero-order valence-electron chi connectivity index (χ0n) is 15.1. The first-order valence-corrected chi connectivity index (χ1v) is 10.2. The standard InChI is InChI=1S/C20H12ClN3O4S2/c21-11-6-8-13(9-7-11)23-17(26)14(16(25)22-19(23)29)10-15-18(27)24(20(28)30-15)12-4-2-1-3-5-12/h1-10,14H,(H,22,25,29)/b15-10-/t14-/m1/s1. The Morgan fingerprint density at radius 2 is 1.57 bits per heavy atom. The summed E-state index contributed by atoms with van der Waals surface area (Å²) in [5, 5.41) is 2.36. The Labute approximate surface area is 185 Å². The smallest absolute Gasteiger partial charge is 0.298 e. The summed E-state index contributed by atoms with van der Waals surface area (Å²) in [4.78, 5) is 52.8. The molecule has 0 unspecified atom stereocenters. The Morgan fingerprint density at radius 1 is 0.933 bits per heavy atom. The van der Waals surface area contributed by atoms with Crippen molar-refractivity contribution in [1.82, 2.24) is 5.32 Å². The number of anilines is 2. The van der Waals surface area contributed by atoms with Gasteiger partial charge in [0, 0.05) is 5.02 Å². The maximum Gasteiger partial charge on any atom is 0.298 e. The third kappa shape index (κ3) is 3.62. The number of carbonyl (C=O) groups is 4. The number of rotatable bonds is 3. The average Bonchev–Trinajstić information content (AvgIpc) is 3.00. The minimum absolute atomic E-state index is 0.00114. The number of imide groups is 1. The van der Waals surface area contributed by atoms with Gasteiger partial charge in [0.25, 0.3) is 11.1 Å². The Balaban J connectivity index is 1.65. The maximum absolute atomic E-state index is 13.0. The van der Waals surface area contributed by atoms with E-state index in [9.17, 15) is 19.2 Å². The molecular weight excluding hydrogens is 446 g/mol. The highest BCUT2D eigenvalue weighted by molar-refractivity contribution is 8.18. The SMILES string of the molecule is O=C1NC(=S)N(c2ccc(Cl)cc2)C(=O)[C@@H]1/C=C1\SC(=O)N(c2ccccc2)C1=O. The number of para-hydroxylation sites is 1. The molecule has 0 bridgehead atoms. The fourth-order valence-corrected chi connectivity index (χ4v) is 4.28. The molecule has 30 heavy (non-hydrogen) atoms. The van der Waals surface area contributed by atoms with Crippen LogP contribution in [-0.2, 0) is 14.4 Å². The fraction of sp³-hybridized carbons (Fsp3) is 0.0500. The largest absolute Gasteiger partial charge is 0.301 e. The topological polar surface area (TPSA) is 86.8 Å². The summed E-state index contributed by atoms with van der Waals surface area (Å²) in [6.45, 7) is 0. The monoisotopic (exact) mass is 457 g/mol. The number of thioether (sulfide) groups is 1. The minimum atomic E-state index is -1.32. The molecule has 2 aliphatic rings. The second-order valence-electron chi connectivity index (χ2n) is 6.30. The lowest BCUT2D eigenvalue weighted by molar-refractivity contribution is -0.131. The molecule has 2 aromatic rings. The maximum atomic E-state index is 13.0. The zero-order valence-corrected chi connectivity index (χ0v) is 17.5. The van der Waals surface area contributed by atoms with Crippen molar-refractivity contribution in [3.8, 4) is 0 Å². The van der Waals surface area contributed by atoms with E-state index in [0.717, 1.165) is 9.80 Å². The number of thiocarbonyl (C=S) groups is 1. The molecule has 7 nitrogen and oxygen atoms in total. The first-order chi connectivity index (χ1) is 14.4. The summed E-state index contributed by atoms with van der Waals surface area (Å²) in [6.07, 6.45) is 1.20. The van der Waals surface area contributed by atoms with Crippen molar-refractivity contribution in [3.63, 3.8) is 0 Å². The molecule has 10 heteroatoms. The second-order valence-corrected chi connectivity index (χ2v) is 8.11. The van der Waals surface area contributed by atoms with Gasteiger partial charge in [-0.1, -0.05) is 29.8 Å². The van der Waals surface area contributed by atoms with Crippen molar-refractivity contribution in [2.24, 2.45) is 5.92 Å². The van der Waals surface area contributed by atoms with Gasteiger partial charge in [-0.2, -0.15) is 0 Å².